The van der Waals surface area contributed by atoms with Crippen LogP contribution in [-0.2, 0) is 6.42 Å². The number of hydrogen-bond donors (Lipinski definition) is 0. The fourth-order valence-electron chi connectivity index (χ4n) is 2.48. The van der Waals surface area contributed by atoms with Crippen molar-refractivity contribution in [1.29, 1.82) is 10.5 Å². The number of nitrogens with zero attached hydrogens (tertiary/aromatic N) is 2. The minimum Gasteiger partial charge on any atom is -0.192 e. The molecular weight excluding hydrogens is 244 g/mol. The minimum atomic E-state index is 0.208. The summed E-state index contributed by atoms with van der Waals surface area (Å²) >= 11 is 0. The van der Waals surface area contributed by atoms with E-state index in [0.29, 0.717) is 11.1 Å². The van der Waals surface area contributed by atoms with Crippen LogP contribution in [0.1, 0.15) is 40.7 Å². The van der Waals surface area contributed by atoms with Gasteiger partial charge in [-0.25, -0.2) is 0 Å². The Bertz CT molecular complexity index is 688. The topological polar surface area (TPSA) is 47.6 Å². The van der Waals surface area contributed by atoms with E-state index in [9.17, 15) is 10.5 Å². The Balaban J connectivity index is 2.39. The maximum atomic E-state index is 9.37. The Kier molecular flexibility index (Phi) is 4.18. The lowest BCUT2D eigenvalue weighted by Gasteiger charge is -2.15. The molecule has 0 amide bonds. The molecule has 2 nitrogen and oxygen atoms in total. The average Bonchev–Trinajstić information content (AvgIpc) is 2.47. The number of benzene rings is 2. The molecule has 0 fully saturated rings. The van der Waals surface area contributed by atoms with Crippen molar-refractivity contribution in [2.75, 3.05) is 0 Å². The lowest BCUT2D eigenvalue weighted by molar-refractivity contribution is 0.756. The molecule has 0 aliphatic carbocycles. The van der Waals surface area contributed by atoms with Crippen LogP contribution in [0.4, 0.5) is 0 Å². The van der Waals surface area contributed by atoms with Gasteiger partial charge in [0, 0.05) is 0 Å². The Morgan fingerprint density at radius 1 is 0.950 bits per heavy atom. The molecule has 20 heavy (non-hydrogen) atoms. The SMILES string of the molecule is Cc1ccc(C(C)Cc2ccccc2)c(C#N)c1C#N. The third-order valence-corrected chi connectivity index (χ3v) is 3.59. The molecule has 0 aromatic heterocycles. The van der Waals surface area contributed by atoms with Crippen LogP contribution in [0.3, 0.4) is 0 Å². The van der Waals surface area contributed by atoms with Gasteiger partial charge in [0.25, 0.3) is 0 Å². The molecule has 0 radical (unpaired) electrons. The van der Waals surface area contributed by atoms with Gasteiger partial charge in [-0.1, -0.05) is 49.4 Å². The first kappa shape index (κ1) is 13.8. The summed E-state index contributed by atoms with van der Waals surface area (Å²) in [7, 11) is 0. The van der Waals surface area contributed by atoms with Crippen LogP contribution in [0.15, 0.2) is 42.5 Å². The second-order valence-electron chi connectivity index (χ2n) is 5.04. The summed E-state index contributed by atoms with van der Waals surface area (Å²) in [6.07, 6.45) is 0.865. The molecule has 2 rings (SSSR count). The summed E-state index contributed by atoms with van der Waals surface area (Å²) in [5.41, 5.74) is 4.09. The van der Waals surface area contributed by atoms with Crippen molar-refractivity contribution in [2.45, 2.75) is 26.2 Å². The van der Waals surface area contributed by atoms with Crippen LogP contribution in [0.25, 0.3) is 0 Å². The average molecular weight is 260 g/mol. The molecule has 2 heteroatoms. The highest BCUT2D eigenvalue weighted by Gasteiger charge is 2.16. The molecule has 0 heterocycles. The predicted molar refractivity (Wildman–Crippen MR) is 79.2 cm³/mol. The lowest BCUT2D eigenvalue weighted by atomic mass is 9.87. The molecule has 0 bridgehead atoms. The molecule has 0 spiro atoms. The van der Waals surface area contributed by atoms with E-state index in [4.69, 9.17) is 0 Å². The summed E-state index contributed by atoms with van der Waals surface area (Å²) in [5.74, 6) is 0.208. The summed E-state index contributed by atoms with van der Waals surface area (Å²) in [4.78, 5) is 0. The number of hydrogen-bond acceptors (Lipinski definition) is 2. The summed E-state index contributed by atoms with van der Waals surface area (Å²) in [5, 5.41) is 18.6. The molecule has 0 N–H and O–H groups in total. The van der Waals surface area contributed by atoms with Crippen LogP contribution in [0.5, 0.6) is 0 Å². The Morgan fingerprint density at radius 3 is 2.20 bits per heavy atom. The first-order valence-corrected chi connectivity index (χ1v) is 6.65. The fraction of sp³-hybridized carbons (Fsp3) is 0.222. The molecule has 98 valence electrons. The largest absolute Gasteiger partial charge is 0.192 e. The van der Waals surface area contributed by atoms with E-state index in [1.807, 2.05) is 37.3 Å². The van der Waals surface area contributed by atoms with Gasteiger partial charge >= 0.3 is 0 Å². The van der Waals surface area contributed by atoms with Gasteiger partial charge in [0.1, 0.15) is 12.1 Å². The van der Waals surface area contributed by atoms with E-state index in [2.05, 4.69) is 31.2 Å². The summed E-state index contributed by atoms with van der Waals surface area (Å²) in [6.45, 7) is 3.96. The van der Waals surface area contributed by atoms with E-state index >= 15 is 0 Å². The van der Waals surface area contributed by atoms with Crippen LogP contribution >= 0.6 is 0 Å². The molecule has 0 saturated carbocycles. The number of rotatable bonds is 3. The third kappa shape index (κ3) is 2.71. The van der Waals surface area contributed by atoms with Crippen LogP contribution in [0.2, 0.25) is 0 Å². The van der Waals surface area contributed by atoms with Crippen LogP contribution in [-0.4, -0.2) is 0 Å². The van der Waals surface area contributed by atoms with Gasteiger partial charge in [0.2, 0.25) is 0 Å². The van der Waals surface area contributed by atoms with Crippen LogP contribution in [0, 0.1) is 29.6 Å². The van der Waals surface area contributed by atoms with Crippen molar-refractivity contribution in [1.82, 2.24) is 0 Å². The second kappa shape index (κ2) is 6.04. The van der Waals surface area contributed by atoms with E-state index in [0.717, 1.165) is 17.5 Å². The van der Waals surface area contributed by atoms with E-state index in [-0.39, 0.29) is 5.92 Å². The van der Waals surface area contributed by atoms with E-state index < -0.39 is 0 Å². The highest BCUT2D eigenvalue weighted by Crippen LogP contribution is 2.27. The maximum Gasteiger partial charge on any atom is 0.101 e. The molecule has 0 saturated heterocycles. The Labute approximate surface area is 119 Å². The minimum absolute atomic E-state index is 0.208. The molecule has 1 unspecified atom stereocenters. The highest BCUT2D eigenvalue weighted by molar-refractivity contribution is 5.55. The molecule has 2 aromatic carbocycles. The Hall–Kier alpha value is -2.58. The van der Waals surface area contributed by atoms with Crippen molar-refractivity contribution < 1.29 is 0 Å². The van der Waals surface area contributed by atoms with Crippen molar-refractivity contribution in [2.24, 2.45) is 0 Å². The standard InChI is InChI=1S/C18H16N2/c1-13-8-9-16(18(12-20)17(13)11-19)14(2)10-15-6-4-3-5-7-15/h3-9,14H,10H2,1-2H3. The van der Waals surface area contributed by atoms with Gasteiger partial charge < -0.3 is 0 Å². The smallest absolute Gasteiger partial charge is 0.101 e. The number of nitriles is 2. The molecule has 1 atom stereocenters. The Morgan fingerprint density at radius 2 is 1.60 bits per heavy atom. The fourth-order valence-corrected chi connectivity index (χ4v) is 2.48. The summed E-state index contributed by atoms with van der Waals surface area (Å²) in [6, 6.07) is 18.5. The van der Waals surface area contributed by atoms with Crippen molar-refractivity contribution in [3.05, 3.63) is 70.3 Å². The van der Waals surface area contributed by atoms with Gasteiger partial charge in [-0.15, -0.1) is 0 Å². The second-order valence-corrected chi connectivity index (χ2v) is 5.04. The molecular formula is C18H16N2. The zero-order chi connectivity index (χ0) is 14.5. The first-order valence-electron chi connectivity index (χ1n) is 6.65. The van der Waals surface area contributed by atoms with Crippen molar-refractivity contribution >= 4 is 0 Å². The van der Waals surface area contributed by atoms with Gasteiger partial charge in [-0.2, -0.15) is 10.5 Å². The lowest BCUT2D eigenvalue weighted by Crippen LogP contribution is -2.04. The quantitative estimate of drug-likeness (QED) is 0.834. The van der Waals surface area contributed by atoms with Crippen LogP contribution < -0.4 is 0 Å². The van der Waals surface area contributed by atoms with E-state index in [1.54, 1.807) is 0 Å². The molecule has 0 aliphatic rings. The predicted octanol–water partition coefficient (Wildman–Crippen LogP) is 4.08. The van der Waals surface area contributed by atoms with Gasteiger partial charge in [0.15, 0.2) is 0 Å². The zero-order valence-corrected chi connectivity index (χ0v) is 11.7. The monoisotopic (exact) mass is 260 g/mol. The normalized spacial score (nSPS) is 11.4. The first-order chi connectivity index (χ1) is 9.67. The third-order valence-electron chi connectivity index (χ3n) is 3.59. The van der Waals surface area contributed by atoms with E-state index in [1.165, 1.54) is 5.56 Å². The van der Waals surface area contributed by atoms with Crippen molar-refractivity contribution in [3.63, 3.8) is 0 Å². The number of aryl methyl sites for hydroxylation is 1. The van der Waals surface area contributed by atoms with Crippen molar-refractivity contribution in [3.8, 4) is 12.1 Å². The van der Waals surface area contributed by atoms with Gasteiger partial charge in [0.05, 0.1) is 11.1 Å². The summed E-state index contributed by atoms with van der Waals surface area (Å²) < 4.78 is 0. The van der Waals surface area contributed by atoms with Gasteiger partial charge in [-0.05, 0) is 36.0 Å². The highest BCUT2D eigenvalue weighted by atomic mass is 14.3. The maximum absolute atomic E-state index is 9.37. The van der Waals surface area contributed by atoms with Gasteiger partial charge in [-0.3, -0.25) is 0 Å². The zero-order valence-electron chi connectivity index (χ0n) is 11.7. The molecule has 2 aromatic rings. The molecule has 0 aliphatic heterocycles.